The van der Waals surface area contributed by atoms with Crippen LogP contribution in [0, 0.1) is 5.82 Å². The number of carbonyl (C=O) groups excluding carboxylic acids is 2. The minimum atomic E-state index is -2.27. The highest BCUT2D eigenvalue weighted by atomic mass is 35.5. The number of hydrogen-bond acceptors (Lipinski definition) is 4. The van der Waals surface area contributed by atoms with Crippen molar-refractivity contribution in [2.24, 2.45) is 0 Å². The maximum atomic E-state index is 13.4. The first-order valence-corrected chi connectivity index (χ1v) is 5.84. The van der Waals surface area contributed by atoms with Gasteiger partial charge in [-0.25, -0.2) is 9.18 Å². The molecule has 106 valence electrons. The van der Waals surface area contributed by atoms with Crippen LogP contribution in [0.25, 0.3) is 0 Å². The smallest absolute Gasteiger partial charge is 0.337 e. The van der Waals surface area contributed by atoms with Crippen molar-refractivity contribution in [1.82, 2.24) is 0 Å². The van der Waals surface area contributed by atoms with Crippen LogP contribution >= 0.6 is 11.6 Å². The number of Topliss-reactive ketones (excluding diaryl/α,β-unsaturated/α-hetero) is 1. The summed E-state index contributed by atoms with van der Waals surface area (Å²) in [6.07, 6.45) is 0. The average Bonchev–Trinajstić information content (AvgIpc) is 2.55. The second-order valence-electron chi connectivity index (χ2n) is 4.58. The molecule has 1 aliphatic rings. The van der Waals surface area contributed by atoms with Crippen LogP contribution in [-0.2, 0) is 9.59 Å². The summed E-state index contributed by atoms with van der Waals surface area (Å²) in [5.41, 5.74) is -2.50. The third-order valence-corrected chi connectivity index (χ3v) is 3.23. The SMILES string of the molecule is CC(O)(CN1C(=O)C(=O)c2cc(Cl)c(F)cc21)C(=O)O. The largest absolute Gasteiger partial charge is 0.479 e. The van der Waals surface area contributed by atoms with Gasteiger partial charge in [0.25, 0.3) is 11.7 Å². The first-order chi connectivity index (χ1) is 9.15. The number of nitrogens with zero attached hydrogens (tertiary/aromatic N) is 1. The number of aliphatic hydroxyl groups is 1. The van der Waals surface area contributed by atoms with E-state index in [0.717, 1.165) is 24.0 Å². The number of β-amino-alcohol motifs (C(OH)–C–C–N with tert-alkyl or cyclic N) is 1. The number of anilines is 1. The summed E-state index contributed by atoms with van der Waals surface area (Å²) < 4.78 is 13.4. The lowest BCUT2D eigenvalue weighted by Gasteiger charge is -2.25. The second kappa shape index (κ2) is 4.53. The average molecular weight is 302 g/mol. The van der Waals surface area contributed by atoms with Gasteiger partial charge in [-0.1, -0.05) is 11.6 Å². The molecule has 0 spiro atoms. The van der Waals surface area contributed by atoms with Crippen LogP contribution in [0.4, 0.5) is 10.1 Å². The molecule has 6 nitrogen and oxygen atoms in total. The van der Waals surface area contributed by atoms with E-state index < -0.39 is 35.6 Å². The summed E-state index contributed by atoms with van der Waals surface area (Å²) in [7, 11) is 0. The lowest BCUT2D eigenvalue weighted by Crippen LogP contribution is -2.48. The molecular formula is C12H9ClFNO5. The Morgan fingerprint density at radius 3 is 2.60 bits per heavy atom. The van der Waals surface area contributed by atoms with Gasteiger partial charge in [-0.15, -0.1) is 0 Å². The number of aliphatic carboxylic acids is 1. The van der Waals surface area contributed by atoms with Crippen LogP contribution in [0.2, 0.25) is 5.02 Å². The fraction of sp³-hybridized carbons (Fsp3) is 0.250. The molecule has 0 saturated carbocycles. The van der Waals surface area contributed by atoms with E-state index in [-0.39, 0.29) is 16.3 Å². The standard InChI is InChI=1S/C12H9ClFNO5/c1-12(20,11(18)19)4-15-8-3-7(14)6(13)2-5(8)9(16)10(15)17/h2-3,20H,4H2,1H3,(H,18,19). The predicted octanol–water partition coefficient (Wildman–Crippen LogP) is 0.844. The molecule has 1 aliphatic heterocycles. The van der Waals surface area contributed by atoms with Crippen molar-refractivity contribution in [2.45, 2.75) is 12.5 Å². The van der Waals surface area contributed by atoms with Crippen molar-refractivity contribution >= 4 is 34.9 Å². The number of benzene rings is 1. The number of carboxylic acids is 1. The number of halogens is 2. The van der Waals surface area contributed by atoms with E-state index in [9.17, 15) is 23.9 Å². The third-order valence-electron chi connectivity index (χ3n) is 2.94. The van der Waals surface area contributed by atoms with Crippen molar-refractivity contribution < 1.29 is 29.0 Å². The molecule has 1 amide bonds. The van der Waals surface area contributed by atoms with Gasteiger partial charge in [0.05, 0.1) is 22.8 Å². The van der Waals surface area contributed by atoms with Crippen molar-refractivity contribution in [3.05, 3.63) is 28.5 Å². The number of ketones is 1. The van der Waals surface area contributed by atoms with Gasteiger partial charge in [0, 0.05) is 0 Å². The molecular weight excluding hydrogens is 293 g/mol. The molecule has 0 radical (unpaired) electrons. The fourth-order valence-corrected chi connectivity index (χ4v) is 1.98. The van der Waals surface area contributed by atoms with Crippen molar-refractivity contribution in [1.29, 1.82) is 0 Å². The number of carbonyl (C=O) groups is 3. The molecule has 1 unspecified atom stereocenters. The Labute approximate surface area is 117 Å². The molecule has 0 saturated heterocycles. The molecule has 1 heterocycles. The molecule has 0 aliphatic carbocycles. The van der Waals surface area contributed by atoms with Crippen LogP contribution < -0.4 is 4.90 Å². The summed E-state index contributed by atoms with van der Waals surface area (Å²) in [5.74, 6) is -4.39. The maximum absolute atomic E-state index is 13.4. The molecule has 1 aromatic rings. The molecule has 20 heavy (non-hydrogen) atoms. The summed E-state index contributed by atoms with van der Waals surface area (Å²) in [4.78, 5) is 35.1. The Balaban J connectivity index is 2.48. The highest BCUT2D eigenvalue weighted by Gasteiger charge is 2.42. The van der Waals surface area contributed by atoms with E-state index in [4.69, 9.17) is 16.7 Å². The molecule has 2 rings (SSSR count). The molecule has 1 aromatic carbocycles. The van der Waals surface area contributed by atoms with Crippen molar-refractivity contribution in [3.8, 4) is 0 Å². The second-order valence-corrected chi connectivity index (χ2v) is 4.99. The van der Waals surface area contributed by atoms with E-state index in [1.54, 1.807) is 0 Å². The highest BCUT2D eigenvalue weighted by Crippen LogP contribution is 2.34. The molecule has 0 fully saturated rings. The molecule has 8 heteroatoms. The first kappa shape index (κ1) is 14.4. The summed E-state index contributed by atoms with van der Waals surface area (Å²) >= 11 is 5.54. The first-order valence-electron chi connectivity index (χ1n) is 5.46. The topological polar surface area (TPSA) is 94.9 Å². The lowest BCUT2D eigenvalue weighted by atomic mass is 10.1. The van der Waals surface area contributed by atoms with E-state index in [2.05, 4.69) is 0 Å². The zero-order chi connectivity index (χ0) is 15.2. The Hall–Kier alpha value is -1.99. The van der Waals surface area contributed by atoms with Gasteiger partial charge in [-0.05, 0) is 19.1 Å². The molecule has 0 aromatic heterocycles. The van der Waals surface area contributed by atoms with Gasteiger partial charge < -0.3 is 15.1 Å². The normalized spacial score (nSPS) is 17.1. The highest BCUT2D eigenvalue weighted by molar-refractivity contribution is 6.52. The van der Waals surface area contributed by atoms with Crippen molar-refractivity contribution in [3.63, 3.8) is 0 Å². The van der Waals surface area contributed by atoms with Gasteiger partial charge >= 0.3 is 5.97 Å². The monoisotopic (exact) mass is 301 g/mol. The van der Waals surface area contributed by atoms with Crippen LogP contribution in [0.15, 0.2) is 12.1 Å². The Morgan fingerprint density at radius 2 is 2.05 bits per heavy atom. The van der Waals surface area contributed by atoms with E-state index in [1.807, 2.05) is 0 Å². The van der Waals surface area contributed by atoms with Gasteiger partial charge in [0.2, 0.25) is 0 Å². The van der Waals surface area contributed by atoms with Gasteiger partial charge in [-0.3, -0.25) is 9.59 Å². The number of rotatable bonds is 3. The quantitative estimate of drug-likeness (QED) is 0.807. The zero-order valence-corrected chi connectivity index (χ0v) is 10.9. The van der Waals surface area contributed by atoms with Crippen LogP contribution in [0.5, 0.6) is 0 Å². The van der Waals surface area contributed by atoms with E-state index >= 15 is 0 Å². The molecule has 0 bridgehead atoms. The molecule has 2 N–H and O–H groups in total. The van der Waals surface area contributed by atoms with Crippen LogP contribution in [0.1, 0.15) is 17.3 Å². The fourth-order valence-electron chi connectivity index (χ4n) is 1.82. The van der Waals surface area contributed by atoms with Gasteiger partial charge in [0.1, 0.15) is 5.82 Å². The number of fused-ring (bicyclic) bond motifs is 1. The molecule has 1 atom stereocenters. The van der Waals surface area contributed by atoms with Gasteiger partial charge in [0.15, 0.2) is 5.60 Å². The number of hydrogen-bond donors (Lipinski definition) is 2. The summed E-state index contributed by atoms with van der Waals surface area (Å²) in [6, 6.07) is 1.86. The van der Waals surface area contributed by atoms with Gasteiger partial charge in [-0.2, -0.15) is 0 Å². The van der Waals surface area contributed by atoms with Crippen LogP contribution in [0.3, 0.4) is 0 Å². The zero-order valence-electron chi connectivity index (χ0n) is 10.2. The Kier molecular flexibility index (Phi) is 3.27. The minimum Gasteiger partial charge on any atom is -0.479 e. The third kappa shape index (κ3) is 2.14. The Bertz CT molecular complexity index is 643. The van der Waals surface area contributed by atoms with Crippen molar-refractivity contribution in [2.75, 3.05) is 11.4 Å². The summed E-state index contributed by atoms with van der Waals surface area (Å²) in [5, 5.41) is 18.2. The van der Waals surface area contributed by atoms with E-state index in [1.165, 1.54) is 0 Å². The lowest BCUT2D eigenvalue weighted by molar-refractivity contribution is -0.155. The minimum absolute atomic E-state index is 0.108. The maximum Gasteiger partial charge on any atom is 0.337 e. The predicted molar refractivity (Wildman–Crippen MR) is 66.4 cm³/mol. The van der Waals surface area contributed by atoms with Crippen LogP contribution in [-0.4, -0.2) is 40.0 Å². The number of carboxylic acid groups (broad SMARTS) is 1. The summed E-state index contributed by atoms with van der Waals surface area (Å²) in [6.45, 7) is 0.290. The van der Waals surface area contributed by atoms with E-state index in [0.29, 0.717) is 0 Å². The number of amides is 1. The Morgan fingerprint density at radius 1 is 1.45 bits per heavy atom.